The van der Waals surface area contributed by atoms with Gasteiger partial charge in [0, 0.05) is 18.0 Å². The van der Waals surface area contributed by atoms with Crippen LogP contribution in [0.1, 0.15) is 15.5 Å². The lowest BCUT2D eigenvalue weighted by atomic mass is 10.4. The Morgan fingerprint density at radius 3 is 2.95 bits per heavy atom. The normalized spacial score (nSPS) is 10.3. The maximum absolute atomic E-state index is 11.9. The first-order valence-electron chi connectivity index (χ1n) is 5.16. The van der Waals surface area contributed by atoms with E-state index in [1.165, 1.54) is 24.5 Å². The van der Waals surface area contributed by atoms with Gasteiger partial charge in [0.2, 0.25) is 11.8 Å². The fraction of sp³-hybridized carbons (Fsp3) is 0.200. The van der Waals surface area contributed by atoms with Gasteiger partial charge < -0.3 is 10.5 Å². The molecule has 0 aliphatic heterocycles. The van der Waals surface area contributed by atoms with Crippen molar-refractivity contribution in [2.24, 2.45) is 5.73 Å². The van der Waals surface area contributed by atoms with Gasteiger partial charge in [-0.3, -0.25) is 10.1 Å². The predicted octanol–water partition coefficient (Wildman–Crippen LogP) is 1.31. The van der Waals surface area contributed by atoms with Crippen molar-refractivity contribution in [3.8, 4) is 5.88 Å². The molecule has 0 fully saturated rings. The number of thiazole rings is 1. The van der Waals surface area contributed by atoms with Crippen molar-refractivity contribution < 1.29 is 9.53 Å². The topological polar surface area (TPSA) is 103 Å². The first-order valence-corrected chi connectivity index (χ1v) is 6.42. The Morgan fingerprint density at radius 1 is 1.53 bits per heavy atom. The van der Waals surface area contributed by atoms with Crippen LogP contribution in [-0.2, 0) is 6.54 Å². The minimum Gasteiger partial charge on any atom is -0.481 e. The molecule has 0 unspecified atom stereocenters. The van der Waals surface area contributed by atoms with E-state index in [0.717, 1.165) is 0 Å². The molecule has 0 saturated heterocycles. The summed E-state index contributed by atoms with van der Waals surface area (Å²) in [5.41, 5.74) is 5.69. The van der Waals surface area contributed by atoms with Crippen molar-refractivity contribution in [1.29, 1.82) is 0 Å². The first-order chi connectivity index (χ1) is 9.12. The average molecular weight is 300 g/mol. The number of aromatic nitrogens is 3. The van der Waals surface area contributed by atoms with Crippen molar-refractivity contribution in [2.75, 3.05) is 12.4 Å². The van der Waals surface area contributed by atoms with Gasteiger partial charge in [-0.15, -0.1) is 11.3 Å². The zero-order valence-corrected chi connectivity index (χ0v) is 11.5. The van der Waals surface area contributed by atoms with Crippen LogP contribution in [0, 0.1) is 0 Å². The van der Waals surface area contributed by atoms with Crippen molar-refractivity contribution in [1.82, 2.24) is 15.0 Å². The second-order valence-electron chi connectivity index (χ2n) is 3.34. The van der Waals surface area contributed by atoms with Crippen molar-refractivity contribution in [2.45, 2.75) is 6.54 Å². The number of hydrogen-bond donors (Lipinski definition) is 2. The zero-order valence-electron chi connectivity index (χ0n) is 9.88. The molecule has 9 heteroatoms. The van der Waals surface area contributed by atoms with Gasteiger partial charge in [-0.25, -0.2) is 9.97 Å². The van der Waals surface area contributed by atoms with E-state index >= 15 is 0 Å². The number of nitrogens with two attached hydrogens (primary N) is 1. The highest BCUT2D eigenvalue weighted by molar-refractivity contribution is 7.09. The molecule has 0 atom stereocenters. The van der Waals surface area contributed by atoms with Gasteiger partial charge in [0.15, 0.2) is 0 Å². The standard InChI is InChI=1S/C10H10ClN5O2S/c1-18-7-2-6(11)14-10(15-7)16-9(17)5-4-19-8(3-12)13-5/h2,4H,3,12H2,1H3,(H,14,15,16,17). The summed E-state index contributed by atoms with van der Waals surface area (Å²) in [6.07, 6.45) is 0. The van der Waals surface area contributed by atoms with Gasteiger partial charge >= 0.3 is 0 Å². The number of nitrogens with one attached hydrogen (secondary N) is 1. The Labute approximate surface area is 117 Å². The molecule has 0 saturated carbocycles. The van der Waals surface area contributed by atoms with E-state index in [1.807, 2.05) is 0 Å². The number of rotatable bonds is 4. The van der Waals surface area contributed by atoms with E-state index in [-0.39, 0.29) is 22.7 Å². The molecule has 100 valence electrons. The molecule has 19 heavy (non-hydrogen) atoms. The third-order valence-corrected chi connectivity index (χ3v) is 3.13. The highest BCUT2D eigenvalue weighted by Crippen LogP contribution is 2.16. The number of ether oxygens (including phenoxy) is 1. The van der Waals surface area contributed by atoms with Crippen LogP contribution < -0.4 is 15.8 Å². The summed E-state index contributed by atoms with van der Waals surface area (Å²) in [4.78, 5) is 23.7. The fourth-order valence-corrected chi connectivity index (χ4v) is 2.06. The summed E-state index contributed by atoms with van der Waals surface area (Å²) >= 11 is 7.08. The highest BCUT2D eigenvalue weighted by Gasteiger charge is 2.13. The number of hydrogen-bond acceptors (Lipinski definition) is 7. The van der Waals surface area contributed by atoms with E-state index in [1.54, 1.807) is 5.38 Å². The van der Waals surface area contributed by atoms with Crippen molar-refractivity contribution >= 4 is 34.8 Å². The molecule has 3 N–H and O–H groups in total. The van der Waals surface area contributed by atoms with Crippen molar-refractivity contribution in [3.05, 3.63) is 27.3 Å². The zero-order chi connectivity index (χ0) is 13.8. The number of carbonyl (C=O) groups excluding carboxylic acids is 1. The Hall–Kier alpha value is -1.77. The summed E-state index contributed by atoms with van der Waals surface area (Å²) in [6, 6.07) is 1.44. The third-order valence-electron chi connectivity index (χ3n) is 2.06. The number of nitrogens with zero attached hydrogens (tertiary/aromatic N) is 3. The maximum atomic E-state index is 11.9. The molecule has 0 aliphatic rings. The smallest absolute Gasteiger partial charge is 0.277 e. The van der Waals surface area contributed by atoms with Gasteiger partial charge in [-0.2, -0.15) is 4.98 Å². The Morgan fingerprint density at radius 2 is 2.32 bits per heavy atom. The molecule has 0 spiro atoms. The summed E-state index contributed by atoms with van der Waals surface area (Å²) in [7, 11) is 1.44. The predicted molar refractivity (Wildman–Crippen MR) is 71.6 cm³/mol. The van der Waals surface area contributed by atoms with Gasteiger partial charge in [0.1, 0.15) is 15.9 Å². The molecule has 0 aliphatic carbocycles. The maximum Gasteiger partial charge on any atom is 0.277 e. The highest BCUT2D eigenvalue weighted by atomic mass is 35.5. The molecule has 0 aromatic carbocycles. The van der Waals surface area contributed by atoms with Crippen LogP contribution in [0.4, 0.5) is 5.95 Å². The molecule has 2 heterocycles. The van der Waals surface area contributed by atoms with Crippen LogP contribution in [-0.4, -0.2) is 28.0 Å². The van der Waals surface area contributed by atoms with Crippen LogP contribution in [0.3, 0.4) is 0 Å². The molecule has 7 nitrogen and oxygen atoms in total. The number of amides is 1. The molecule has 1 amide bonds. The molecular formula is C10H10ClN5O2S. The number of anilines is 1. The second kappa shape index (κ2) is 5.91. The van der Waals surface area contributed by atoms with Gasteiger partial charge in [-0.1, -0.05) is 11.6 Å². The van der Waals surface area contributed by atoms with Crippen molar-refractivity contribution in [3.63, 3.8) is 0 Å². The quantitative estimate of drug-likeness (QED) is 0.825. The summed E-state index contributed by atoms with van der Waals surface area (Å²) < 4.78 is 4.93. The van der Waals surface area contributed by atoms with Crippen LogP contribution in [0.5, 0.6) is 5.88 Å². The van der Waals surface area contributed by atoms with Crippen LogP contribution in [0.2, 0.25) is 5.15 Å². The first kappa shape index (κ1) is 13.7. The van der Waals surface area contributed by atoms with Gasteiger partial charge in [0.25, 0.3) is 5.91 Å². The van der Waals surface area contributed by atoms with Gasteiger partial charge in [-0.05, 0) is 0 Å². The lowest BCUT2D eigenvalue weighted by molar-refractivity contribution is 0.102. The molecule has 2 aromatic rings. The summed E-state index contributed by atoms with van der Waals surface area (Å²) in [6.45, 7) is 0.291. The second-order valence-corrected chi connectivity index (χ2v) is 4.67. The minimum absolute atomic E-state index is 0.0525. The largest absolute Gasteiger partial charge is 0.481 e. The SMILES string of the molecule is COc1cc(Cl)nc(NC(=O)c2csc(CN)n2)n1. The number of carbonyl (C=O) groups is 1. The minimum atomic E-state index is -0.430. The Kier molecular flexibility index (Phi) is 4.25. The Balaban J connectivity index is 2.16. The van der Waals surface area contributed by atoms with Crippen LogP contribution >= 0.6 is 22.9 Å². The van der Waals surface area contributed by atoms with Crippen LogP contribution in [0.25, 0.3) is 0 Å². The third kappa shape index (κ3) is 3.37. The van der Waals surface area contributed by atoms with E-state index in [2.05, 4.69) is 20.3 Å². The molecular weight excluding hydrogens is 290 g/mol. The number of methoxy groups -OCH3 is 1. The Bertz CT molecular complexity index is 603. The van der Waals surface area contributed by atoms with Crippen LogP contribution in [0.15, 0.2) is 11.4 Å². The lowest BCUT2D eigenvalue weighted by Gasteiger charge is -2.04. The monoisotopic (exact) mass is 299 g/mol. The van der Waals surface area contributed by atoms with E-state index in [4.69, 9.17) is 22.1 Å². The number of halogens is 1. The van der Waals surface area contributed by atoms with E-state index in [9.17, 15) is 4.79 Å². The molecule has 2 aromatic heterocycles. The lowest BCUT2D eigenvalue weighted by Crippen LogP contribution is -2.15. The summed E-state index contributed by atoms with van der Waals surface area (Å²) in [5.74, 6) is -0.117. The average Bonchev–Trinajstić information content (AvgIpc) is 2.86. The van der Waals surface area contributed by atoms with E-state index < -0.39 is 5.91 Å². The summed E-state index contributed by atoms with van der Waals surface area (Å²) in [5, 5.41) is 4.94. The van der Waals surface area contributed by atoms with E-state index in [0.29, 0.717) is 11.6 Å². The molecule has 0 radical (unpaired) electrons. The fourth-order valence-electron chi connectivity index (χ4n) is 1.23. The van der Waals surface area contributed by atoms with Gasteiger partial charge in [0.05, 0.1) is 7.11 Å². The molecule has 0 bridgehead atoms. The molecule has 2 rings (SSSR count).